The molecule has 2 aromatic heterocycles. The third kappa shape index (κ3) is 5.63. The molecule has 0 aliphatic carbocycles. The van der Waals surface area contributed by atoms with E-state index in [4.69, 9.17) is 23.8 Å². The van der Waals surface area contributed by atoms with Crippen molar-refractivity contribution >= 4 is 63.1 Å². The largest absolute Gasteiger partial charge is 0.340 e. The Hall–Kier alpha value is -4.61. The van der Waals surface area contributed by atoms with Gasteiger partial charge in [0.05, 0.1) is 17.3 Å². The van der Waals surface area contributed by atoms with Crippen LogP contribution in [0.5, 0.6) is 0 Å². The summed E-state index contributed by atoms with van der Waals surface area (Å²) in [6.45, 7) is 0. The number of carbonyl (C=O) groups is 1. The normalized spacial score (nSPS) is 10.6. The predicted octanol–water partition coefficient (Wildman–Crippen LogP) is 4.98. The summed E-state index contributed by atoms with van der Waals surface area (Å²) in [7, 11) is 0. The highest BCUT2D eigenvalue weighted by molar-refractivity contribution is 7.80. The fourth-order valence-electron chi connectivity index (χ4n) is 3.46. The quantitative estimate of drug-likeness (QED) is 0.185. The van der Waals surface area contributed by atoms with Gasteiger partial charge in [0.25, 0.3) is 5.91 Å². The van der Waals surface area contributed by atoms with E-state index in [9.17, 15) is 9.18 Å². The van der Waals surface area contributed by atoms with Crippen LogP contribution in [0.4, 0.5) is 21.6 Å². The summed E-state index contributed by atoms with van der Waals surface area (Å²) in [5, 5.41) is 12.0. The zero-order valence-corrected chi connectivity index (χ0v) is 20.5. The van der Waals surface area contributed by atoms with Crippen LogP contribution in [0.1, 0.15) is 10.4 Å². The van der Waals surface area contributed by atoms with Crippen LogP contribution in [-0.4, -0.2) is 30.8 Å². The summed E-state index contributed by atoms with van der Waals surface area (Å²) in [4.78, 5) is 21.1. The lowest BCUT2D eigenvalue weighted by Gasteiger charge is -2.12. The van der Waals surface area contributed by atoms with Gasteiger partial charge in [0, 0.05) is 22.0 Å². The van der Waals surface area contributed by atoms with Gasteiger partial charge in [-0.2, -0.15) is 5.10 Å². The molecule has 4 N–H and O–H groups in total. The smallest absolute Gasteiger partial charge is 0.269 e. The van der Waals surface area contributed by atoms with E-state index in [1.54, 1.807) is 66.9 Å². The zero-order chi connectivity index (χ0) is 25.8. The van der Waals surface area contributed by atoms with Crippen molar-refractivity contribution in [2.75, 3.05) is 10.6 Å². The number of benzene rings is 3. The minimum atomic E-state index is -0.368. The first-order valence-corrected chi connectivity index (χ1v) is 11.7. The summed E-state index contributed by atoms with van der Waals surface area (Å²) in [5.74, 6) is -0.217. The molecular weight excluding hydrogens is 515 g/mol. The van der Waals surface area contributed by atoms with Crippen LogP contribution in [0.15, 0.2) is 85.3 Å². The summed E-state index contributed by atoms with van der Waals surface area (Å²) in [5.41, 5.74) is 8.12. The fourth-order valence-corrected chi connectivity index (χ4v) is 3.76. The molecule has 9 nitrogen and oxygen atoms in total. The Morgan fingerprint density at radius 1 is 0.946 bits per heavy atom. The number of amides is 1. The van der Waals surface area contributed by atoms with E-state index in [-0.39, 0.29) is 16.8 Å². The SMILES string of the molecule is O=C(NNC(=S)Nc1ccc(Cl)cc1)c1ccc(Nc2ncnc3c2cnn3-c2cccc(F)c2)cc1. The Labute approximate surface area is 220 Å². The number of hydrogen-bond donors (Lipinski definition) is 4. The van der Waals surface area contributed by atoms with Crippen LogP contribution in [0.25, 0.3) is 16.7 Å². The number of halogens is 2. The topological polar surface area (TPSA) is 109 Å². The molecule has 37 heavy (non-hydrogen) atoms. The second-order valence-electron chi connectivity index (χ2n) is 7.74. The van der Waals surface area contributed by atoms with Gasteiger partial charge in [-0.05, 0) is 78.9 Å². The van der Waals surface area contributed by atoms with Crippen molar-refractivity contribution in [1.29, 1.82) is 0 Å². The van der Waals surface area contributed by atoms with E-state index in [0.29, 0.717) is 38.8 Å². The molecule has 0 atom stereocenters. The summed E-state index contributed by atoms with van der Waals surface area (Å²) < 4.78 is 15.2. The first-order valence-electron chi connectivity index (χ1n) is 10.9. The average molecular weight is 533 g/mol. The molecule has 0 spiro atoms. The van der Waals surface area contributed by atoms with Gasteiger partial charge in [-0.25, -0.2) is 19.0 Å². The highest BCUT2D eigenvalue weighted by Gasteiger charge is 2.12. The number of rotatable bonds is 5. The van der Waals surface area contributed by atoms with E-state index < -0.39 is 0 Å². The minimum absolute atomic E-state index is 0.223. The van der Waals surface area contributed by atoms with Crippen LogP contribution in [-0.2, 0) is 0 Å². The maximum absolute atomic E-state index is 13.7. The Bertz CT molecular complexity index is 1590. The van der Waals surface area contributed by atoms with Gasteiger partial charge in [-0.15, -0.1) is 0 Å². The van der Waals surface area contributed by atoms with Gasteiger partial charge in [0.2, 0.25) is 0 Å². The van der Waals surface area contributed by atoms with Crippen molar-refractivity contribution in [2.45, 2.75) is 0 Å². The molecule has 0 saturated heterocycles. The lowest BCUT2D eigenvalue weighted by molar-refractivity contribution is 0.0944. The molecule has 5 aromatic rings. The zero-order valence-electron chi connectivity index (χ0n) is 18.9. The molecule has 0 fully saturated rings. The number of hydrazine groups is 1. The Balaban J connectivity index is 1.23. The van der Waals surface area contributed by atoms with E-state index >= 15 is 0 Å². The van der Waals surface area contributed by atoms with Gasteiger partial charge in [-0.3, -0.25) is 15.6 Å². The first-order chi connectivity index (χ1) is 18.0. The molecule has 0 saturated carbocycles. The Morgan fingerprint density at radius 3 is 2.46 bits per heavy atom. The number of nitrogens with zero attached hydrogens (tertiary/aromatic N) is 4. The minimum Gasteiger partial charge on any atom is -0.340 e. The second kappa shape index (κ2) is 10.6. The van der Waals surface area contributed by atoms with Crippen LogP contribution in [0.3, 0.4) is 0 Å². The van der Waals surface area contributed by atoms with E-state index in [0.717, 1.165) is 5.69 Å². The monoisotopic (exact) mass is 532 g/mol. The highest BCUT2D eigenvalue weighted by atomic mass is 35.5. The molecule has 184 valence electrons. The number of thiocarbonyl (C=S) groups is 1. The maximum Gasteiger partial charge on any atom is 0.269 e. The third-order valence-corrected chi connectivity index (χ3v) is 5.68. The number of hydrogen-bond acceptors (Lipinski definition) is 6. The third-order valence-electron chi connectivity index (χ3n) is 5.22. The van der Waals surface area contributed by atoms with Crippen LogP contribution < -0.4 is 21.5 Å². The van der Waals surface area contributed by atoms with Gasteiger partial charge >= 0.3 is 0 Å². The van der Waals surface area contributed by atoms with Crippen molar-refractivity contribution in [3.8, 4) is 5.69 Å². The van der Waals surface area contributed by atoms with Crippen LogP contribution in [0.2, 0.25) is 5.02 Å². The first kappa shape index (κ1) is 24.1. The van der Waals surface area contributed by atoms with Gasteiger partial charge < -0.3 is 10.6 Å². The second-order valence-corrected chi connectivity index (χ2v) is 8.58. The lowest BCUT2D eigenvalue weighted by atomic mass is 10.2. The number of nitrogens with one attached hydrogen (secondary N) is 4. The van der Waals surface area contributed by atoms with Crippen molar-refractivity contribution in [1.82, 2.24) is 30.6 Å². The van der Waals surface area contributed by atoms with Crippen molar-refractivity contribution in [3.63, 3.8) is 0 Å². The van der Waals surface area contributed by atoms with Crippen molar-refractivity contribution in [2.24, 2.45) is 0 Å². The van der Waals surface area contributed by atoms with E-state index in [1.165, 1.54) is 23.1 Å². The molecule has 2 heterocycles. The fraction of sp³-hybridized carbons (Fsp3) is 0. The predicted molar refractivity (Wildman–Crippen MR) is 145 cm³/mol. The van der Waals surface area contributed by atoms with E-state index in [1.807, 2.05) is 0 Å². The Kier molecular flexibility index (Phi) is 6.88. The van der Waals surface area contributed by atoms with Crippen molar-refractivity contribution in [3.05, 3.63) is 102 Å². The Morgan fingerprint density at radius 2 is 1.70 bits per heavy atom. The molecule has 0 radical (unpaired) electrons. The van der Waals surface area contributed by atoms with Crippen LogP contribution in [0, 0.1) is 5.82 Å². The maximum atomic E-state index is 13.7. The highest BCUT2D eigenvalue weighted by Crippen LogP contribution is 2.25. The molecule has 0 bridgehead atoms. The molecular formula is C25H18ClFN8OS. The standard InChI is InChI=1S/C25H18ClFN8OS/c26-16-6-10-19(11-7-16)32-25(37)34-33-24(36)15-4-8-18(9-5-15)31-22-21-13-30-35(23(21)29-14-28-22)20-3-1-2-17(27)12-20/h1-14H,(H,33,36)(H,28,29,31)(H2,32,34,37). The molecule has 0 unspecified atom stereocenters. The average Bonchev–Trinajstić information content (AvgIpc) is 3.34. The molecule has 0 aliphatic rings. The van der Waals surface area contributed by atoms with Gasteiger partial charge in [0.15, 0.2) is 10.8 Å². The number of aromatic nitrogens is 4. The molecule has 12 heteroatoms. The number of carbonyl (C=O) groups excluding carboxylic acids is 1. The summed E-state index contributed by atoms with van der Waals surface area (Å²) in [6.07, 6.45) is 3.01. The molecule has 3 aromatic carbocycles. The molecule has 0 aliphatic heterocycles. The van der Waals surface area contributed by atoms with Crippen molar-refractivity contribution < 1.29 is 9.18 Å². The summed E-state index contributed by atoms with van der Waals surface area (Å²) >= 11 is 11.1. The molecule has 5 rings (SSSR count). The van der Waals surface area contributed by atoms with Gasteiger partial charge in [0.1, 0.15) is 18.0 Å². The van der Waals surface area contributed by atoms with Gasteiger partial charge in [-0.1, -0.05) is 17.7 Å². The molecule has 1 amide bonds. The lowest BCUT2D eigenvalue weighted by Crippen LogP contribution is -2.43. The number of anilines is 3. The summed E-state index contributed by atoms with van der Waals surface area (Å²) in [6, 6.07) is 19.9. The van der Waals surface area contributed by atoms with E-state index in [2.05, 4.69) is 36.6 Å². The number of fused-ring (bicyclic) bond motifs is 1. The van der Waals surface area contributed by atoms with Crippen LogP contribution >= 0.6 is 23.8 Å².